The quantitative estimate of drug-likeness (QED) is 0.579. The van der Waals surface area contributed by atoms with Crippen LogP contribution in [-0.2, 0) is 9.84 Å². The minimum atomic E-state index is -4.06. The first-order valence-electron chi connectivity index (χ1n) is 7.20. The SMILES string of the molecule is Cc1onc(-c2cc(Cl)cc(Cl)c2)c1-c1cc(F)c(S(C)(=O)=O)c(F)c1. The second-order valence-corrected chi connectivity index (χ2v) is 8.49. The Morgan fingerprint density at radius 2 is 1.50 bits per heavy atom. The Morgan fingerprint density at radius 3 is 2.00 bits per heavy atom. The van der Waals surface area contributed by atoms with Crippen LogP contribution in [0.15, 0.2) is 39.8 Å². The lowest BCUT2D eigenvalue weighted by Crippen LogP contribution is -2.05. The van der Waals surface area contributed by atoms with Crippen molar-refractivity contribution in [2.24, 2.45) is 0 Å². The molecule has 0 amide bonds. The lowest BCUT2D eigenvalue weighted by molar-refractivity contribution is 0.400. The minimum absolute atomic E-state index is 0.0808. The number of rotatable bonds is 3. The van der Waals surface area contributed by atoms with Gasteiger partial charge in [-0.1, -0.05) is 28.4 Å². The summed E-state index contributed by atoms with van der Waals surface area (Å²) >= 11 is 12.0. The van der Waals surface area contributed by atoms with E-state index in [1.165, 1.54) is 6.07 Å². The zero-order valence-electron chi connectivity index (χ0n) is 13.5. The zero-order valence-corrected chi connectivity index (χ0v) is 15.8. The molecule has 0 aliphatic rings. The van der Waals surface area contributed by atoms with Gasteiger partial charge in [-0.3, -0.25) is 0 Å². The molecular formula is C17H11Cl2F2NO3S. The summed E-state index contributed by atoms with van der Waals surface area (Å²) in [7, 11) is -4.06. The van der Waals surface area contributed by atoms with Crippen LogP contribution in [0.2, 0.25) is 10.0 Å². The number of sulfone groups is 1. The molecule has 136 valence electrons. The van der Waals surface area contributed by atoms with E-state index < -0.39 is 26.4 Å². The van der Waals surface area contributed by atoms with Crippen molar-refractivity contribution in [3.8, 4) is 22.4 Å². The van der Waals surface area contributed by atoms with Crippen LogP contribution in [0.4, 0.5) is 8.78 Å². The average Bonchev–Trinajstić information content (AvgIpc) is 2.85. The fraction of sp³-hybridized carbons (Fsp3) is 0.118. The monoisotopic (exact) mass is 417 g/mol. The number of halogens is 4. The van der Waals surface area contributed by atoms with Crippen LogP contribution in [-0.4, -0.2) is 19.8 Å². The van der Waals surface area contributed by atoms with Crippen molar-refractivity contribution in [3.05, 3.63) is 57.8 Å². The first-order valence-corrected chi connectivity index (χ1v) is 9.85. The largest absolute Gasteiger partial charge is 0.360 e. The van der Waals surface area contributed by atoms with Gasteiger partial charge in [0.05, 0.1) is 5.56 Å². The third-order valence-corrected chi connectivity index (χ3v) is 5.22. The molecule has 1 heterocycles. The first-order chi connectivity index (χ1) is 12.1. The molecule has 0 spiro atoms. The normalized spacial score (nSPS) is 11.8. The van der Waals surface area contributed by atoms with E-state index in [-0.39, 0.29) is 11.3 Å². The smallest absolute Gasteiger partial charge is 0.181 e. The van der Waals surface area contributed by atoms with E-state index in [1.54, 1.807) is 19.1 Å². The molecule has 0 fully saturated rings. The summed E-state index contributed by atoms with van der Waals surface area (Å²) in [6.45, 7) is 1.57. The van der Waals surface area contributed by atoms with Crippen molar-refractivity contribution in [2.45, 2.75) is 11.8 Å². The molecule has 1 aromatic heterocycles. The molecule has 0 N–H and O–H groups in total. The molecule has 2 aromatic carbocycles. The maximum absolute atomic E-state index is 14.3. The van der Waals surface area contributed by atoms with E-state index in [9.17, 15) is 17.2 Å². The van der Waals surface area contributed by atoms with Crippen molar-refractivity contribution in [3.63, 3.8) is 0 Å². The summed E-state index contributed by atoms with van der Waals surface area (Å²) in [4.78, 5) is -0.984. The van der Waals surface area contributed by atoms with Crippen LogP contribution in [0.5, 0.6) is 0 Å². The van der Waals surface area contributed by atoms with E-state index in [2.05, 4.69) is 5.16 Å². The maximum Gasteiger partial charge on any atom is 0.181 e. The van der Waals surface area contributed by atoms with Gasteiger partial charge in [0.2, 0.25) is 0 Å². The van der Waals surface area contributed by atoms with Crippen molar-refractivity contribution >= 4 is 33.0 Å². The van der Waals surface area contributed by atoms with Crippen molar-refractivity contribution < 1.29 is 21.7 Å². The number of hydrogen-bond donors (Lipinski definition) is 0. The second-order valence-electron chi connectivity index (χ2n) is 5.66. The third kappa shape index (κ3) is 3.47. The molecule has 0 bridgehead atoms. The van der Waals surface area contributed by atoms with Gasteiger partial charge in [-0.25, -0.2) is 17.2 Å². The molecule has 26 heavy (non-hydrogen) atoms. The summed E-state index contributed by atoms with van der Waals surface area (Å²) in [6, 6.07) is 6.53. The highest BCUT2D eigenvalue weighted by molar-refractivity contribution is 7.90. The van der Waals surface area contributed by atoms with Gasteiger partial charge >= 0.3 is 0 Å². The standard InChI is InChI=1S/C17H11Cl2F2NO3S/c1-8-15(9-5-13(20)17(14(21)6-9)26(2,23)24)16(22-25-8)10-3-11(18)7-12(19)4-10/h3-7H,1-2H3. The zero-order chi connectivity index (χ0) is 19.2. The maximum atomic E-state index is 14.3. The topological polar surface area (TPSA) is 60.2 Å². The van der Waals surface area contributed by atoms with Crippen LogP contribution in [0.25, 0.3) is 22.4 Å². The van der Waals surface area contributed by atoms with E-state index in [4.69, 9.17) is 27.7 Å². The van der Waals surface area contributed by atoms with Gasteiger partial charge in [-0.05, 0) is 42.8 Å². The van der Waals surface area contributed by atoms with Crippen molar-refractivity contribution in [1.29, 1.82) is 0 Å². The number of nitrogens with zero attached hydrogens (tertiary/aromatic N) is 1. The molecule has 0 unspecified atom stereocenters. The number of hydrogen-bond acceptors (Lipinski definition) is 4. The average molecular weight is 418 g/mol. The third-order valence-electron chi connectivity index (χ3n) is 3.66. The highest BCUT2D eigenvalue weighted by Crippen LogP contribution is 2.38. The lowest BCUT2D eigenvalue weighted by atomic mass is 9.99. The molecule has 3 rings (SSSR count). The Balaban J connectivity index is 2.25. The van der Waals surface area contributed by atoms with Crippen LogP contribution >= 0.6 is 23.2 Å². The van der Waals surface area contributed by atoms with E-state index in [0.29, 0.717) is 26.9 Å². The summed E-state index contributed by atoms with van der Waals surface area (Å²) in [6.07, 6.45) is 0.734. The molecule has 0 saturated heterocycles. The van der Waals surface area contributed by atoms with Crippen molar-refractivity contribution in [2.75, 3.05) is 6.26 Å². The van der Waals surface area contributed by atoms with Gasteiger partial charge in [0, 0.05) is 21.9 Å². The van der Waals surface area contributed by atoms with Crippen LogP contribution in [0.3, 0.4) is 0 Å². The molecule has 9 heteroatoms. The number of aryl methyl sites for hydroxylation is 1. The fourth-order valence-corrected chi connectivity index (χ4v) is 4.01. The summed E-state index contributed by atoms with van der Waals surface area (Å²) in [5, 5.41) is 4.62. The van der Waals surface area contributed by atoms with E-state index in [1.807, 2.05) is 0 Å². The molecule has 0 saturated carbocycles. The van der Waals surface area contributed by atoms with Gasteiger partial charge in [-0.2, -0.15) is 0 Å². The summed E-state index contributed by atoms with van der Waals surface area (Å²) in [5.41, 5.74) is 1.15. The minimum Gasteiger partial charge on any atom is -0.360 e. The highest BCUT2D eigenvalue weighted by Gasteiger charge is 2.24. The van der Waals surface area contributed by atoms with Crippen LogP contribution in [0.1, 0.15) is 5.76 Å². The van der Waals surface area contributed by atoms with E-state index in [0.717, 1.165) is 18.4 Å². The number of benzene rings is 2. The molecular weight excluding hydrogens is 407 g/mol. The van der Waals surface area contributed by atoms with Crippen LogP contribution in [0, 0.1) is 18.6 Å². The van der Waals surface area contributed by atoms with Gasteiger partial charge in [0.25, 0.3) is 0 Å². The molecule has 0 aliphatic carbocycles. The second kappa shape index (κ2) is 6.64. The predicted molar refractivity (Wildman–Crippen MR) is 95.2 cm³/mol. The number of aromatic nitrogens is 1. The van der Waals surface area contributed by atoms with Gasteiger partial charge < -0.3 is 4.52 Å². The lowest BCUT2D eigenvalue weighted by Gasteiger charge is -2.08. The molecule has 0 aliphatic heterocycles. The predicted octanol–water partition coefficient (Wildman–Crippen LogP) is 5.31. The Morgan fingerprint density at radius 1 is 0.962 bits per heavy atom. The van der Waals surface area contributed by atoms with Gasteiger partial charge in [-0.15, -0.1) is 0 Å². The summed E-state index contributed by atoms with van der Waals surface area (Å²) in [5.74, 6) is -2.10. The molecule has 4 nitrogen and oxygen atoms in total. The Kier molecular flexibility index (Phi) is 4.81. The summed E-state index contributed by atoms with van der Waals surface area (Å²) < 4.78 is 56.8. The van der Waals surface area contributed by atoms with Gasteiger partial charge in [0.15, 0.2) is 9.84 Å². The van der Waals surface area contributed by atoms with E-state index >= 15 is 0 Å². The van der Waals surface area contributed by atoms with Crippen LogP contribution < -0.4 is 0 Å². The van der Waals surface area contributed by atoms with Crippen molar-refractivity contribution in [1.82, 2.24) is 5.16 Å². The highest BCUT2D eigenvalue weighted by atomic mass is 35.5. The Bertz CT molecular complexity index is 1080. The van der Waals surface area contributed by atoms with Gasteiger partial charge in [0.1, 0.15) is 28.0 Å². The fourth-order valence-electron chi connectivity index (χ4n) is 2.66. The molecule has 3 aromatic rings. The molecule has 0 atom stereocenters. The first kappa shape index (κ1) is 18.8. The molecule has 0 radical (unpaired) electrons. The Labute approximate surface area is 158 Å². The Hall–Kier alpha value is -1.96.